The minimum Gasteiger partial charge on any atom is -0.493 e. The third-order valence-corrected chi connectivity index (χ3v) is 6.05. The zero-order valence-corrected chi connectivity index (χ0v) is 18.2. The lowest BCUT2D eigenvalue weighted by Crippen LogP contribution is -2.72. The maximum Gasteiger partial charge on any atom is 0.233 e. The number of thiocarbonyl (C=S) groups is 1. The molecule has 0 aromatic heterocycles. The summed E-state index contributed by atoms with van der Waals surface area (Å²) in [6.07, 6.45) is 0. The number of halogens is 1. The lowest BCUT2D eigenvalue weighted by Gasteiger charge is -2.56. The Bertz CT molecular complexity index is 982. The van der Waals surface area contributed by atoms with Crippen LogP contribution in [0.25, 0.3) is 0 Å². The van der Waals surface area contributed by atoms with Gasteiger partial charge in [-0.2, -0.15) is 0 Å². The van der Waals surface area contributed by atoms with Crippen molar-refractivity contribution < 1.29 is 14.3 Å². The first-order valence-electron chi connectivity index (χ1n) is 9.21. The van der Waals surface area contributed by atoms with Crippen LogP contribution in [0.2, 0.25) is 5.02 Å². The number of hydrogen-bond donors (Lipinski definition) is 1. The molecule has 1 fully saturated rings. The molecule has 0 saturated carbocycles. The summed E-state index contributed by atoms with van der Waals surface area (Å²) in [5, 5.41) is 4.47. The van der Waals surface area contributed by atoms with Crippen molar-refractivity contribution in [3.8, 4) is 11.5 Å². The molecule has 1 amide bonds. The van der Waals surface area contributed by atoms with Gasteiger partial charge in [0.15, 0.2) is 22.3 Å². The van der Waals surface area contributed by atoms with E-state index in [0.717, 1.165) is 11.3 Å². The van der Waals surface area contributed by atoms with Gasteiger partial charge in [-0.1, -0.05) is 23.7 Å². The Kier molecular flexibility index (Phi) is 4.83. The number of anilines is 1. The van der Waals surface area contributed by atoms with Gasteiger partial charge in [-0.15, -0.1) is 0 Å². The smallest absolute Gasteiger partial charge is 0.233 e. The minimum absolute atomic E-state index is 0.0556. The molecular weight excluding hydrogens is 410 g/mol. The third-order valence-electron chi connectivity index (χ3n) is 5.50. The largest absolute Gasteiger partial charge is 0.493 e. The van der Waals surface area contributed by atoms with Gasteiger partial charge in [-0.05, 0) is 49.5 Å². The highest BCUT2D eigenvalue weighted by Gasteiger charge is 2.59. The van der Waals surface area contributed by atoms with Crippen molar-refractivity contribution in [2.75, 3.05) is 26.1 Å². The van der Waals surface area contributed by atoms with Gasteiger partial charge in [0.2, 0.25) is 5.91 Å². The van der Waals surface area contributed by atoms with Gasteiger partial charge >= 0.3 is 0 Å². The van der Waals surface area contributed by atoms with E-state index in [4.69, 9.17) is 33.3 Å². The number of benzene rings is 2. The Morgan fingerprint density at radius 3 is 2.59 bits per heavy atom. The van der Waals surface area contributed by atoms with Crippen LogP contribution in [0.1, 0.15) is 18.5 Å². The molecule has 1 saturated heterocycles. The normalized spacial score (nSPS) is 24.9. The summed E-state index contributed by atoms with van der Waals surface area (Å²) in [5.41, 5.74) is 0.562. The molecule has 152 valence electrons. The Morgan fingerprint density at radius 1 is 1.28 bits per heavy atom. The SMILES string of the molecule is COc1cccc2c1O[C@@]1(C)[C@@H](C(=O)N(C)C)[C@H]2NC(=S)N1c1ccc(Cl)cc1. The lowest BCUT2D eigenvalue weighted by molar-refractivity contribution is -0.144. The second-order valence-electron chi connectivity index (χ2n) is 7.48. The molecule has 2 aromatic carbocycles. The number of amides is 1. The van der Waals surface area contributed by atoms with E-state index in [1.54, 1.807) is 38.2 Å². The van der Waals surface area contributed by atoms with E-state index in [1.807, 2.05) is 42.2 Å². The van der Waals surface area contributed by atoms with Crippen LogP contribution in [0, 0.1) is 5.92 Å². The van der Waals surface area contributed by atoms with Crippen molar-refractivity contribution in [3.05, 3.63) is 53.1 Å². The Balaban J connectivity index is 1.93. The Hall–Kier alpha value is -2.51. The van der Waals surface area contributed by atoms with Crippen LogP contribution in [-0.4, -0.2) is 42.8 Å². The van der Waals surface area contributed by atoms with E-state index >= 15 is 0 Å². The number of nitrogens with one attached hydrogen (secondary N) is 1. The van der Waals surface area contributed by atoms with Crippen LogP contribution in [0.3, 0.4) is 0 Å². The summed E-state index contributed by atoms with van der Waals surface area (Å²) in [4.78, 5) is 16.7. The molecule has 0 aliphatic carbocycles. The number of fused-ring (bicyclic) bond motifs is 4. The monoisotopic (exact) mass is 431 g/mol. The number of carbonyl (C=O) groups is 1. The second kappa shape index (κ2) is 7.07. The lowest BCUT2D eigenvalue weighted by atomic mass is 9.78. The molecule has 4 rings (SSSR count). The van der Waals surface area contributed by atoms with Crippen molar-refractivity contribution in [2.45, 2.75) is 18.7 Å². The molecule has 0 radical (unpaired) electrons. The number of hydrogen-bond acceptors (Lipinski definition) is 4. The number of carbonyl (C=O) groups excluding carboxylic acids is 1. The van der Waals surface area contributed by atoms with Gasteiger partial charge < -0.3 is 19.7 Å². The molecule has 2 heterocycles. The Morgan fingerprint density at radius 2 is 1.97 bits per heavy atom. The molecular formula is C21H22ClN3O3S. The molecule has 0 unspecified atom stereocenters. The van der Waals surface area contributed by atoms with Gasteiger partial charge in [0.25, 0.3) is 0 Å². The van der Waals surface area contributed by atoms with Gasteiger partial charge in [0, 0.05) is 30.4 Å². The van der Waals surface area contributed by atoms with Crippen molar-refractivity contribution in [1.82, 2.24) is 10.2 Å². The van der Waals surface area contributed by atoms with Gasteiger partial charge in [-0.3, -0.25) is 9.69 Å². The van der Waals surface area contributed by atoms with E-state index in [2.05, 4.69) is 5.32 Å². The molecule has 3 atom stereocenters. The van der Waals surface area contributed by atoms with Crippen LogP contribution in [-0.2, 0) is 4.79 Å². The van der Waals surface area contributed by atoms with Crippen LogP contribution in [0.4, 0.5) is 5.69 Å². The fourth-order valence-electron chi connectivity index (χ4n) is 4.17. The van der Waals surface area contributed by atoms with E-state index in [1.165, 1.54) is 0 Å². The molecule has 6 nitrogen and oxygen atoms in total. The third kappa shape index (κ3) is 3.00. The van der Waals surface area contributed by atoms with Crippen LogP contribution >= 0.6 is 23.8 Å². The van der Waals surface area contributed by atoms with Crippen LogP contribution in [0.15, 0.2) is 42.5 Å². The van der Waals surface area contributed by atoms with Crippen LogP contribution in [0.5, 0.6) is 11.5 Å². The fraction of sp³-hybridized carbons (Fsp3) is 0.333. The summed E-state index contributed by atoms with van der Waals surface area (Å²) < 4.78 is 12.1. The molecule has 0 spiro atoms. The van der Waals surface area contributed by atoms with Crippen molar-refractivity contribution >= 4 is 40.5 Å². The maximum atomic E-state index is 13.3. The van der Waals surface area contributed by atoms with E-state index in [-0.39, 0.29) is 11.9 Å². The average molecular weight is 432 g/mol. The van der Waals surface area contributed by atoms with E-state index in [0.29, 0.717) is 21.6 Å². The molecule has 2 aromatic rings. The first-order valence-corrected chi connectivity index (χ1v) is 10.00. The quantitative estimate of drug-likeness (QED) is 0.749. The molecule has 2 aliphatic rings. The molecule has 29 heavy (non-hydrogen) atoms. The van der Waals surface area contributed by atoms with Crippen LogP contribution < -0.4 is 19.7 Å². The summed E-state index contributed by atoms with van der Waals surface area (Å²) >= 11 is 11.8. The minimum atomic E-state index is -1.07. The van der Waals surface area contributed by atoms with Crippen molar-refractivity contribution in [1.29, 1.82) is 0 Å². The zero-order chi connectivity index (χ0) is 20.9. The fourth-order valence-corrected chi connectivity index (χ4v) is 4.70. The number of ether oxygens (including phenoxy) is 2. The van der Waals surface area contributed by atoms with Gasteiger partial charge in [0.05, 0.1) is 13.2 Å². The highest BCUT2D eigenvalue weighted by atomic mass is 35.5. The second-order valence-corrected chi connectivity index (χ2v) is 8.31. The summed E-state index contributed by atoms with van der Waals surface area (Å²) in [7, 11) is 5.09. The Labute approximate surface area is 180 Å². The van der Waals surface area contributed by atoms with E-state index in [9.17, 15) is 4.79 Å². The first kappa shape index (κ1) is 19.8. The predicted molar refractivity (Wildman–Crippen MR) is 117 cm³/mol. The highest BCUT2D eigenvalue weighted by molar-refractivity contribution is 7.80. The number of nitrogens with zero attached hydrogens (tertiary/aromatic N) is 2. The number of rotatable bonds is 3. The topological polar surface area (TPSA) is 54.0 Å². The summed E-state index contributed by atoms with van der Waals surface area (Å²) in [5.74, 6) is 0.624. The van der Waals surface area contributed by atoms with E-state index < -0.39 is 11.6 Å². The molecule has 1 N–H and O–H groups in total. The zero-order valence-electron chi connectivity index (χ0n) is 16.6. The number of methoxy groups -OCH3 is 1. The molecule has 2 bridgehead atoms. The standard InChI is InChI=1S/C21H22ClN3O3S/c1-21-16(19(26)24(2)3)17(14-6-5-7-15(27-4)18(14)28-21)23-20(29)25(21)13-10-8-12(22)9-11-13/h5-11,16-17H,1-4H3,(H,23,29)/t16-,17+,21+/m1/s1. The highest BCUT2D eigenvalue weighted by Crippen LogP contribution is 2.52. The number of para-hydroxylation sites is 1. The maximum absolute atomic E-state index is 13.3. The molecule has 8 heteroatoms. The van der Waals surface area contributed by atoms with Crippen molar-refractivity contribution in [2.24, 2.45) is 5.92 Å². The van der Waals surface area contributed by atoms with Crippen molar-refractivity contribution in [3.63, 3.8) is 0 Å². The van der Waals surface area contributed by atoms with Gasteiger partial charge in [0.1, 0.15) is 5.92 Å². The molecule has 2 aliphatic heterocycles. The predicted octanol–water partition coefficient (Wildman–Crippen LogP) is 3.60. The summed E-state index contributed by atoms with van der Waals surface area (Å²) in [6, 6.07) is 12.6. The summed E-state index contributed by atoms with van der Waals surface area (Å²) in [6.45, 7) is 1.89. The van der Waals surface area contributed by atoms with Gasteiger partial charge in [-0.25, -0.2) is 0 Å². The average Bonchev–Trinajstić information content (AvgIpc) is 2.68. The first-order chi connectivity index (χ1) is 13.8.